The van der Waals surface area contributed by atoms with Crippen molar-refractivity contribution >= 4 is 40.9 Å². The van der Waals surface area contributed by atoms with E-state index in [1.54, 1.807) is 12.1 Å². The van der Waals surface area contributed by atoms with Crippen LogP contribution in [-0.4, -0.2) is 43.2 Å². The predicted molar refractivity (Wildman–Crippen MR) is 101 cm³/mol. The maximum Gasteiger partial charge on any atom is 0.244 e. The Balaban J connectivity index is 1.90. The van der Waals surface area contributed by atoms with Gasteiger partial charge < -0.3 is 15.0 Å². The fraction of sp³-hybridized carbons (Fsp3) is 0.222. The molecule has 0 spiro atoms. The lowest BCUT2D eigenvalue weighted by Gasteiger charge is -2.17. The minimum atomic E-state index is -0.735. The van der Waals surface area contributed by atoms with E-state index >= 15 is 0 Å². The highest BCUT2D eigenvalue weighted by atomic mass is 35.5. The van der Waals surface area contributed by atoms with Crippen LogP contribution in [-0.2, 0) is 9.59 Å². The van der Waals surface area contributed by atoms with Crippen LogP contribution in [0.2, 0.25) is 5.02 Å². The summed E-state index contributed by atoms with van der Waals surface area (Å²) >= 11 is 6.84. The van der Waals surface area contributed by atoms with Crippen molar-refractivity contribution in [2.24, 2.45) is 0 Å². The summed E-state index contributed by atoms with van der Waals surface area (Å²) in [5.74, 6) is -1.90. The number of hydrogen-bond donors (Lipinski definition) is 1. The minimum Gasteiger partial charge on any atom is -0.495 e. The second kappa shape index (κ2) is 9.57. The first-order chi connectivity index (χ1) is 12.8. The van der Waals surface area contributed by atoms with Gasteiger partial charge in [0.25, 0.3) is 0 Å². The van der Waals surface area contributed by atoms with Gasteiger partial charge in [-0.3, -0.25) is 9.59 Å². The molecule has 2 aromatic carbocycles. The molecule has 2 amide bonds. The molecule has 2 rings (SSSR count). The van der Waals surface area contributed by atoms with Crippen molar-refractivity contribution in [2.45, 2.75) is 4.90 Å². The fourth-order valence-corrected chi connectivity index (χ4v) is 3.15. The van der Waals surface area contributed by atoms with Crippen LogP contribution in [0.1, 0.15) is 0 Å². The quantitative estimate of drug-likeness (QED) is 0.700. The molecular formula is C18H17ClF2N2O3S. The van der Waals surface area contributed by atoms with Gasteiger partial charge in [-0.1, -0.05) is 11.6 Å². The van der Waals surface area contributed by atoms with Crippen molar-refractivity contribution in [1.82, 2.24) is 4.90 Å². The second-order valence-corrected chi connectivity index (χ2v) is 6.96. The van der Waals surface area contributed by atoms with E-state index < -0.39 is 17.5 Å². The average molecular weight is 415 g/mol. The van der Waals surface area contributed by atoms with Crippen LogP contribution in [0.15, 0.2) is 41.3 Å². The topological polar surface area (TPSA) is 58.6 Å². The van der Waals surface area contributed by atoms with Crippen LogP contribution in [0.3, 0.4) is 0 Å². The lowest BCUT2D eigenvalue weighted by Crippen LogP contribution is -2.36. The van der Waals surface area contributed by atoms with Crippen LogP contribution >= 0.6 is 23.4 Å². The molecule has 0 saturated carbocycles. The van der Waals surface area contributed by atoms with Gasteiger partial charge in [0.15, 0.2) is 0 Å². The highest BCUT2D eigenvalue weighted by Crippen LogP contribution is 2.27. The SMILES string of the molecule is COc1ccc(Cl)cc1NC(=O)CN(C)C(=O)CSc1ccc(F)cc1F. The Morgan fingerprint density at radius 2 is 1.96 bits per heavy atom. The Morgan fingerprint density at radius 1 is 1.22 bits per heavy atom. The van der Waals surface area contributed by atoms with Gasteiger partial charge in [-0.2, -0.15) is 0 Å². The Bertz CT molecular complexity index is 851. The van der Waals surface area contributed by atoms with Crippen LogP contribution in [0.4, 0.5) is 14.5 Å². The summed E-state index contributed by atoms with van der Waals surface area (Å²) in [5.41, 5.74) is 0.388. The second-order valence-electron chi connectivity index (χ2n) is 5.51. The molecule has 0 aliphatic rings. The number of halogens is 3. The Labute approximate surface area is 164 Å². The number of methoxy groups -OCH3 is 1. The first kappa shape index (κ1) is 21.0. The summed E-state index contributed by atoms with van der Waals surface area (Å²) < 4.78 is 31.6. The van der Waals surface area contributed by atoms with Gasteiger partial charge in [0.05, 0.1) is 25.1 Å². The number of carbonyl (C=O) groups is 2. The molecule has 0 saturated heterocycles. The van der Waals surface area contributed by atoms with Gasteiger partial charge >= 0.3 is 0 Å². The van der Waals surface area contributed by atoms with Gasteiger partial charge in [-0.05, 0) is 30.3 Å². The monoisotopic (exact) mass is 414 g/mol. The molecule has 1 N–H and O–H groups in total. The van der Waals surface area contributed by atoms with E-state index in [1.165, 1.54) is 31.2 Å². The summed E-state index contributed by atoms with van der Waals surface area (Å²) in [6.45, 7) is -0.207. The molecule has 0 aromatic heterocycles. The third-order valence-electron chi connectivity index (χ3n) is 3.49. The number of hydrogen-bond acceptors (Lipinski definition) is 4. The van der Waals surface area contributed by atoms with Crippen molar-refractivity contribution in [3.63, 3.8) is 0 Å². The number of rotatable bonds is 7. The van der Waals surface area contributed by atoms with Crippen LogP contribution in [0.25, 0.3) is 0 Å². The van der Waals surface area contributed by atoms with E-state index in [1.807, 2.05) is 0 Å². The van der Waals surface area contributed by atoms with Gasteiger partial charge in [0.1, 0.15) is 17.4 Å². The molecule has 2 aromatic rings. The number of thioether (sulfide) groups is 1. The minimum absolute atomic E-state index is 0.0905. The van der Waals surface area contributed by atoms with E-state index in [4.69, 9.17) is 16.3 Å². The number of likely N-dealkylation sites (N-methyl/N-ethyl adjacent to an activating group) is 1. The first-order valence-electron chi connectivity index (χ1n) is 7.75. The molecule has 0 fully saturated rings. The number of carbonyl (C=O) groups excluding carboxylic acids is 2. The fourth-order valence-electron chi connectivity index (χ4n) is 2.11. The summed E-state index contributed by atoms with van der Waals surface area (Å²) in [5, 5.41) is 3.05. The third-order valence-corrected chi connectivity index (χ3v) is 4.76. The molecule has 0 unspecified atom stereocenters. The maximum atomic E-state index is 13.6. The lowest BCUT2D eigenvalue weighted by molar-refractivity contribution is -0.131. The standard InChI is InChI=1S/C18H17ClF2N2O3S/c1-23(18(25)10-27-16-6-4-12(20)8-13(16)21)9-17(24)22-14-7-11(19)3-5-15(14)26-2/h3-8H,9-10H2,1-2H3,(H,22,24). The molecule has 0 aliphatic heterocycles. The number of nitrogens with one attached hydrogen (secondary N) is 1. The molecule has 0 heterocycles. The van der Waals surface area contributed by atoms with Crippen molar-refractivity contribution < 1.29 is 23.1 Å². The normalized spacial score (nSPS) is 10.4. The van der Waals surface area contributed by atoms with Crippen LogP contribution in [0.5, 0.6) is 5.75 Å². The number of benzene rings is 2. The van der Waals surface area contributed by atoms with Gasteiger partial charge in [-0.25, -0.2) is 8.78 Å². The zero-order chi connectivity index (χ0) is 20.0. The smallest absolute Gasteiger partial charge is 0.244 e. The Kier molecular flexibility index (Phi) is 7.44. The molecule has 5 nitrogen and oxygen atoms in total. The van der Waals surface area contributed by atoms with E-state index in [0.717, 1.165) is 23.9 Å². The zero-order valence-electron chi connectivity index (χ0n) is 14.6. The Morgan fingerprint density at radius 3 is 2.63 bits per heavy atom. The first-order valence-corrected chi connectivity index (χ1v) is 9.11. The number of nitrogens with zero attached hydrogens (tertiary/aromatic N) is 1. The predicted octanol–water partition coefficient (Wildman–Crippen LogP) is 3.82. The van der Waals surface area contributed by atoms with Crippen molar-refractivity contribution in [1.29, 1.82) is 0 Å². The van der Waals surface area contributed by atoms with Crippen LogP contribution in [0, 0.1) is 11.6 Å². The molecule has 9 heteroatoms. The highest BCUT2D eigenvalue weighted by molar-refractivity contribution is 8.00. The van der Waals surface area contributed by atoms with E-state index in [9.17, 15) is 18.4 Å². The summed E-state index contributed by atoms with van der Waals surface area (Å²) in [6, 6.07) is 7.90. The van der Waals surface area contributed by atoms with Crippen molar-refractivity contribution in [3.8, 4) is 5.75 Å². The average Bonchev–Trinajstić information content (AvgIpc) is 2.60. The van der Waals surface area contributed by atoms with Gasteiger partial charge in [0.2, 0.25) is 11.8 Å². The highest BCUT2D eigenvalue weighted by Gasteiger charge is 2.16. The van der Waals surface area contributed by atoms with Crippen molar-refractivity contribution in [2.75, 3.05) is 31.8 Å². The van der Waals surface area contributed by atoms with Gasteiger partial charge in [0, 0.05) is 23.0 Å². The third kappa shape index (κ3) is 6.11. The zero-order valence-corrected chi connectivity index (χ0v) is 16.2. The largest absolute Gasteiger partial charge is 0.495 e. The molecule has 0 radical (unpaired) electrons. The van der Waals surface area contributed by atoms with Crippen molar-refractivity contribution in [3.05, 3.63) is 53.1 Å². The number of ether oxygens (including phenoxy) is 1. The summed E-state index contributed by atoms with van der Waals surface area (Å²) in [6.07, 6.45) is 0. The van der Waals surface area contributed by atoms with E-state index in [-0.39, 0.29) is 23.1 Å². The molecule has 27 heavy (non-hydrogen) atoms. The molecule has 0 aliphatic carbocycles. The Hall–Kier alpha value is -2.32. The number of amides is 2. The molecule has 0 atom stereocenters. The summed E-state index contributed by atoms with van der Waals surface area (Å²) in [4.78, 5) is 25.7. The summed E-state index contributed by atoms with van der Waals surface area (Å²) in [7, 11) is 2.92. The molecule has 144 valence electrons. The molecule has 0 bridgehead atoms. The van der Waals surface area contributed by atoms with E-state index in [0.29, 0.717) is 16.5 Å². The number of anilines is 1. The molecular weight excluding hydrogens is 398 g/mol. The van der Waals surface area contributed by atoms with Gasteiger partial charge in [-0.15, -0.1) is 11.8 Å². The maximum absolute atomic E-state index is 13.6. The lowest BCUT2D eigenvalue weighted by atomic mass is 10.3. The van der Waals surface area contributed by atoms with E-state index in [2.05, 4.69) is 5.32 Å². The van der Waals surface area contributed by atoms with Crippen LogP contribution < -0.4 is 10.1 Å².